The van der Waals surface area contributed by atoms with Gasteiger partial charge in [-0.2, -0.15) is 0 Å². The van der Waals surface area contributed by atoms with Gasteiger partial charge < -0.3 is 15.0 Å². The summed E-state index contributed by atoms with van der Waals surface area (Å²) < 4.78 is 5.78. The number of ether oxygens (including phenoxy) is 1. The minimum absolute atomic E-state index is 0.500. The van der Waals surface area contributed by atoms with Gasteiger partial charge in [-0.1, -0.05) is 0 Å². The van der Waals surface area contributed by atoms with Crippen molar-refractivity contribution in [2.75, 3.05) is 39.8 Å². The molecule has 0 aromatic heterocycles. The van der Waals surface area contributed by atoms with Gasteiger partial charge >= 0.3 is 0 Å². The third-order valence-corrected chi connectivity index (χ3v) is 3.82. The Morgan fingerprint density at radius 3 is 2.62 bits per heavy atom. The van der Waals surface area contributed by atoms with Crippen LogP contribution in [0.1, 0.15) is 32.1 Å². The predicted octanol–water partition coefficient (Wildman–Crippen LogP) is 1.49. The van der Waals surface area contributed by atoms with Gasteiger partial charge in [0, 0.05) is 19.7 Å². The molecule has 0 radical (unpaired) electrons. The van der Waals surface area contributed by atoms with Crippen molar-refractivity contribution < 1.29 is 4.74 Å². The fraction of sp³-hybridized carbons (Fsp3) is 1.00. The molecule has 0 aliphatic carbocycles. The summed E-state index contributed by atoms with van der Waals surface area (Å²) >= 11 is 0. The molecule has 94 valence electrons. The smallest absolute Gasteiger partial charge is 0.0701 e. The van der Waals surface area contributed by atoms with Gasteiger partial charge in [0.05, 0.1) is 6.10 Å². The molecule has 0 saturated carbocycles. The molecular formula is C13H26N2O. The van der Waals surface area contributed by atoms with Crippen molar-refractivity contribution in [3.63, 3.8) is 0 Å². The van der Waals surface area contributed by atoms with Crippen LogP contribution in [0.5, 0.6) is 0 Å². The number of nitrogens with zero attached hydrogens (tertiary/aromatic N) is 1. The maximum absolute atomic E-state index is 5.78. The zero-order valence-corrected chi connectivity index (χ0v) is 10.6. The lowest BCUT2D eigenvalue weighted by Crippen LogP contribution is -2.39. The SMILES string of the molecule is CN(CC1CCNCC1)CC1CCCCO1. The lowest BCUT2D eigenvalue weighted by molar-refractivity contribution is -0.00404. The first-order valence-corrected chi connectivity index (χ1v) is 6.85. The lowest BCUT2D eigenvalue weighted by atomic mass is 9.97. The van der Waals surface area contributed by atoms with E-state index in [1.165, 1.54) is 51.7 Å². The molecule has 16 heavy (non-hydrogen) atoms. The highest BCUT2D eigenvalue weighted by Crippen LogP contribution is 2.16. The van der Waals surface area contributed by atoms with E-state index in [1.54, 1.807) is 0 Å². The normalized spacial score (nSPS) is 28.5. The van der Waals surface area contributed by atoms with Gasteiger partial charge in [0.25, 0.3) is 0 Å². The van der Waals surface area contributed by atoms with Crippen LogP contribution >= 0.6 is 0 Å². The zero-order valence-electron chi connectivity index (χ0n) is 10.6. The largest absolute Gasteiger partial charge is 0.377 e. The van der Waals surface area contributed by atoms with Crippen LogP contribution in [0.4, 0.5) is 0 Å². The minimum Gasteiger partial charge on any atom is -0.377 e. The summed E-state index contributed by atoms with van der Waals surface area (Å²) in [6, 6.07) is 0. The van der Waals surface area contributed by atoms with Gasteiger partial charge in [-0.25, -0.2) is 0 Å². The Bertz CT molecular complexity index is 166. The Morgan fingerprint density at radius 2 is 1.94 bits per heavy atom. The summed E-state index contributed by atoms with van der Waals surface area (Å²) in [5, 5.41) is 3.43. The number of hydrogen-bond donors (Lipinski definition) is 1. The fourth-order valence-corrected chi connectivity index (χ4v) is 2.88. The first-order valence-electron chi connectivity index (χ1n) is 6.85. The highest BCUT2D eigenvalue weighted by Gasteiger charge is 2.19. The van der Waals surface area contributed by atoms with Gasteiger partial charge in [0.2, 0.25) is 0 Å². The quantitative estimate of drug-likeness (QED) is 0.786. The minimum atomic E-state index is 0.500. The van der Waals surface area contributed by atoms with Crippen LogP contribution in [0, 0.1) is 5.92 Å². The average Bonchev–Trinajstić information content (AvgIpc) is 2.31. The van der Waals surface area contributed by atoms with Gasteiger partial charge in [-0.05, 0) is 58.2 Å². The van der Waals surface area contributed by atoms with Crippen LogP contribution in [0.2, 0.25) is 0 Å². The number of nitrogens with one attached hydrogen (secondary N) is 1. The van der Waals surface area contributed by atoms with Crippen molar-refractivity contribution in [2.24, 2.45) is 5.92 Å². The molecule has 2 heterocycles. The second-order valence-corrected chi connectivity index (χ2v) is 5.40. The van der Waals surface area contributed by atoms with Crippen molar-refractivity contribution in [1.82, 2.24) is 10.2 Å². The van der Waals surface area contributed by atoms with Gasteiger partial charge in [0.1, 0.15) is 0 Å². The Balaban J connectivity index is 1.64. The molecule has 1 N–H and O–H groups in total. The lowest BCUT2D eigenvalue weighted by Gasteiger charge is -2.31. The van der Waals surface area contributed by atoms with Gasteiger partial charge in [0.15, 0.2) is 0 Å². The standard InChI is InChI=1S/C13H26N2O/c1-15(10-12-5-7-14-8-6-12)11-13-4-2-3-9-16-13/h12-14H,2-11H2,1H3. The summed E-state index contributed by atoms with van der Waals surface area (Å²) in [7, 11) is 2.25. The van der Waals surface area contributed by atoms with E-state index in [-0.39, 0.29) is 0 Å². The number of piperidine rings is 1. The van der Waals surface area contributed by atoms with E-state index < -0.39 is 0 Å². The third kappa shape index (κ3) is 4.04. The molecule has 2 saturated heterocycles. The van der Waals surface area contributed by atoms with Crippen molar-refractivity contribution >= 4 is 0 Å². The van der Waals surface area contributed by atoms with E-state index in [4.69, 9.17) is 4.74 Å². The molecule has 1 unspecified atom stereocenters. The molecule has 2 fully saturated rings. The van der Waals surface area contributed by atoms with Crippen LogP contribution in [-0.2, 0) is 4.74 Å². The van der Waals surface area contributed by atoms with E-state index in [1.807, 2.05) is 0 Å². The van der Waals surface area contributed by atoms with Crippen LogP contribution in [0.3, 0.4) is 0 Å². The van der Waals surface area contributed by atoms with E-state index in [2.05, 4.69) is 17.3 Å². The molecule has 2 rings (SSSR count). The Hall–Kier alpha value is -0.120. The number of likely N-dealkylation sites (N-methyl/N-ethyl adjacent to an activating group) is 1. The fourth-order valence-electron chi connectivity index (χ4n) is 2.88. The second-order valence-electron chi connectivity index (χ2n) is 5.40. The third-order valence-electron chi connectivity index (χ3n) is 3.82. The van der Waals surface area contributed by atoms with Crippen LogP contribution in [0.25, 0.3) is 0 Å². The molecule has 0 spiro atoms. The summed E-state index contributed by atoms with van der Waals surface area (Å²) in [6.07, 6.45) is 7.06. The molecule has 2 aliphatic rings. The van der Waals surface area contributed by atoms with Crippen LogP contribution in [0.15, 0.2) is 0 Å². The molecule has 0 bridgehead atoms. The Morgan fingerprint density at radius 1 is 1.12 bits per heavy atom. The van der Waals surface area contributed by atoms with Gasteiger partial charge in [-0.3, -0.25) is 0 Å². The molecule has 0 aromatic rings. The van der Waals surface area contributed by atoms with Crippen LogP contribution in [-0.4, -0.2) is 50.8 Å². The summed E-state index contributed by atoms with van der Waals surface area (Å²) in [6.45, 7) is 5.77. The molecule has 1 atom stereocenters. The maximum atomic E-state index is 5.78. The van der Waals surface area contributed by atoms with E-state index in [0.29, 0.717) is 6.10 Å². The Kier molecular flexibility index (Phi) is 5.07. The molecule has 0 amide bonds. The van der Waals surface area contributed by atoms with Crippen molar-refractivity contribution in [2.45, 2.75) is 38.2 Å². The predicted molar refractivity (Wildman–Crippen MR) is 66.7 cm³/mol. The zero-order chi connectivity index (χ0) is 11.2. The van der Waals surface area contributed by atoms with E-state index in [9.17, 15) is 0 Å². The van der Waals surface area contributed by atoms with E-state index >= 15 is 0 Å². The highest BCUT2D eigenvalue weighted by molar-refractivity contribution is 4.73. The Labute approximate surface area is 99.5 Å². The molecule has 2 aliphatic heterocycles. The van der Waals surface area contributed by atoms with Crippen molar-refractivity contribution in [3.05, 3.63) is 0 Å². The number of hydrogen-bond acceptors (Lipinski definition) is 3. The van der Waals surface area contributed by atoms with Crippen LogP contribution < -0.4 is 5.32 Å². The van der Waals surface area contributed by atoms with Crippen molar-refractivity contribution in [3.8, 4) is 0 Å². The molecule has 0 aromatic carbocycles. The summed E-state index contributed by atoms with van der Waals surface area (Å²) in [5.41, 5.74) is 0. The summed E-state index contributed by atoms with van der Waals surface area (Å²) in [5.74, 6) is 0.898. The average molecular weight is 226 g/mol. The maximum Gasteiger partial charge on any atom is 0.0701 e. The first-order chi connectivity index (χ1) is 7.84. The summed E-state index contributed by atoms with van der Waals surface area (Å²) in [4.78, 5) is 2.48. The number of rotatable bonds is 4. The monoisotopic (exact) mass is 226 g/mol. The first kappa shape index (κ1) is 12.3. The van der Waals surface area contributed by atoms with Crippen molar-refractivity contribution in [1.29, 1.82) is 0 Å². The molecular weight excluding hydrogens is 200 g/mol. The molecule has 3 heteroatoms. The second kappa shape index (κ2) is 6.58. The topological polar surface area (TPSA) is 24.5 Å². The van der Waals surface area contributed by atoms with E-state index in [0.717, 1.165) is 19.1 Å². The molecule has 3 nitrogen and oxygen atoms in total. The van der Waals surface area contributed by atoms with Gasteiger partial charge in [-0.15, -0.1) is 0 Å². The highest BCUT2D eigenvalue weighted by atomic mass is 16.5.